The molecule has 2 heteroatoms. The van der Waals surface area contributed by atoms with Gasteiger partial charge in [-0.15, -0.1) is 0 Å². The first kappa shape index (κ1) is 11.7. The summed E-state index contributed by atoms with van der Waals surface area (Å²) in [5.74, 6) is 0. The molecule has 0 saturated heterocycles. The molecule has 0 aliphatic heterocycles. The van der Waals surface area contributed by atoms with Crippen LogP contribution in [-0.4, -0.2) is 16.7 Å². The molecule has 0 bridgehead atoms. The van der Waals surface area contributed by atoms with Gasteiger partial charge in [0.25, 0.3) is 0 Å². The van der Waals surface area contributed by atoms with Crippen LogP contribution in [0.25, 0.3) is 10.9 Å². The number of pyridine rings is 1. The molecule has 1 aromatic heterocycles. The van der Waals surface area contributed by atoms with Crippen LogP contribution in [-0.2, 0) is 5.41 Å². The smallest absolute Gasteiger partial charge is 0.0708 e. The number of hydrogen-bond acceptors (Lipinski definition) is 2. The SMILES string of the molecule is Cc1cc(C2(CO)CC2(C)C)c2ccccc2n1. The summed E-state index contributed by atoms with van der Waals surface area (Å²) in [5.41, 5.74) is 3.42. The molecule has 1 atom stereocenters. The van der Waals surface area contributed by atoms with Crippen LogP contribution in [0.4, 0.5) is 0 Å². The fourth-order valence-electron chi connectivity index (χ4n) is 3.23. The lowest BCUT2D eigenvalue weighted by Crippen LogP contribution is -2.20. The Kier molecular flexibility index (Phi) is 2.30. The molecule has 0 amide bonds. The van der Waals surface area contributed by atoms with Crippen LogP contribution >= 0.6 is 0 Å². The summed E-state index contributed by atoms with van der Waals surface area (Å²) >= 11 is 0. The van der Waals surface area contributed by atoms with Crippen molar-refractivity contribution in [3.8, 4) is 0 Å². The zero-order chi connectivity index (χ0) is 13.0. The lowest BCUT2D eigenvalue weighted by atomic mass is 9.86. The third-order valence-corrected chi connectivity index (χ3v) is 4.54. The van der Waals surface area contributed by atoms with Gasteiger partial charge in [0.1, 0.15) is 0 Å². The van der Waals surface area contributed by atoms with Crippen molar-refractivity contribution in [2.45, 2.75) is 32.6 Å². The Morgan fingerprint density at radius 1 is 1.28 bits per heavy atom. The second kappa shape index (κ2) is 3.55. The monoisotopic (exact) mass is 241 g/mol. The van der Waals surface area contributed by atoms with Crippen LogP contribution in [0.3, 0.4) is 0 Å². The summed E-state index contributed by atoms with van der Waals surface area (Å²) in [6.07, 6.45) is 1.05. The topological polar surface area (TPSA) is 33.1 Å². The first-order chi connectivity index (χ1) is 8.50. The number of nitrogens with zero attached hydrogens (tertiary/aromatic N) is 1. The summed E-state index contributed by atoms with van der Waals surface area (Å²) in [6, 6.07) is 10.4. The van der Waals surface area contributed by atoms with Crippen molar-refractivity contribution in [1.29, 1.82) is 0 Å². The summed E-state index contributed by atoms with van der Waals surface area (Å²) in [5, 5.41) is 11.1. The molecule has 94 valence electrons. The predicted molar refractivity (Wildman–Crippen MR) is 73.6 cm³/mol. The van der Waals surface area contributed by atoms with Gasteiger partial charge < -0.3 is 5.11 Å². The van der Waals surface area contributed by atoms with E-state index in [0.717, 1.165) is 17.6 Å². The highest BCUT2D eigenvalue weighted by atomic mass is 16.3. The van der Waals surface area contributed by atoms with Crippen molar-refractivity contribution in [3.63, 3.8) is 0 Å². The van der Waals surface area contributed by atoms with E-state index in [1.54, 1.807) is 0 Å². The second-order valence-corrected chi connectivity index (χ2v) is 6.13. The average molecular weight is 241 g/mol. The fraction of sp³-hybridized carbons (Fsp3) is 0.438. The maximum Gasteiger partial charge on any atom is 0.0708 e. The minimum atomic E-state index is -0.0830. The Bertz CT molecular complexity index is 618. The largest absolute Gasteiger partial charge is 0.395 e. The molecule has 1 heterocycles. The molecule has 1 aromatic carbocycles. The van der Waals surface area contributed by atoms with E-state index in [4.69, 9.17) is 0 Å². The van der Waals surface area contributed by atoms with Gasteiger partial charge in [-0.1, -0.05) is 32.0 Å². The highest BCUT2D eigenvalue weighted by Crippen LogP contribution is 2.64. The first-order valence-electron chi connectivity index (χ1n) is 6.48. The molecular formula is C16H19NO. The molecule has 1 unspecified atom stereocenters. The van der Waals surface area contributed by atoms with E-state index in [1.165, 1.54) is 10.9 Å². The average Bonchev–Trinajstić information content (AvgIpc) is 2.91. The molecule has 0 spiro atoms. The van der Waals surface area contributed by atoms with E-state index in [1.807, 2.05) is 25.1 Å². The highest BCUT2D eigenvalue weighted by molar-refractivity contribution is 5.84. The molecule has 2 aromatic rings. The minimum absolute atomic E-state index is 0.0830. The Balaban J connectivity index is 2.30. The highest BCUT2D eigenvalue weighted by Gasteiger charge is 2.62. The molecule has 3 rings (SSSR count). The lowest BCUT2D eigenvalue weighted by Gasteiger charge is -2.21. The summed E-state index contributed by atoms with van der Waals surface area (Å²) in [4.78, 5) is 4.58. The van der Waals surface area contributed by atoms with Gasteiger partial charge in [0.2, 0.25) is 0 Å². The standard InChI is InChI=1S/C16H19NO/c1-11-8-13(16(10-18)9-15(16,2)3)12-6-4-5-7-14(12)17-11/h4-8,18H,9-10H2,1-3H3. The van der Waals surface area contributed by atoms with Crippen molar-refractivity contribution in [2.75, 3.05) is 6.61 Å². The zero-order valence-electron chi connectivity index (χ0n) is 11.2. The lowest BCUT2D eigenvalue weighted by molar-refractivity contribution is 0.232. The van der Waals surface area contributed by atoms with Crippen molar-refractivity contribution in [3.05, 3.63) is 41.6 Å². The molecule has 1 N–H and O–H groups in total. The quantitative estimate of drug-likeness (QED) is 0.875. The number of aryl methyl sites for hydroxylation is 1. The molecule has 0 radical (unpaired) electrons. The fourth-order valence-corrected chi connectivity index (χ4v) is 3.23. The van der Waals surface area contributed by atoms with E-state index in [-0.39, 0.29) is 17.4 Å². The van der Waals surface area contributed by atoms with E-state index in [0.29, 0.717) is 0 Å². The van der Waals surface area contributed by atoms with E-state index >= 15 is 0 Å². The Morgan fingerprint density at radius 3 is 2.56 bits per heavy atom. The summed E-state index contributed by atoms with van der Waals surface area (Å²) < 4.78 is 0. The predicted octanol–water partition coefficient (Wildman–Crippen LogP) is 3.20. The van der Waals surface area contributed by atoms with Crippen molar-refractivity contribution in [1.82, 2.24) is 4.98 Å². The number of rotatable bonds is 2. The molecular weight excluding hydrogens is 222 g/mol. The number of aromatic nitrogens is 1. The number of aliphatic hydroxyl groups is 1. The first-order valence-corrected chi connectivity index (χ1v) is 6.48. The van der Waals surface area contributed by atoms with Crippen molar-refractivity contribution in [2.24, 2.45) is 5.41 Å². The van der Waals surface area contributed by atoms with Gasteiger partial charge in [0.05, 0.1) is 12.1 Å². The van der Waals surface area contributed by atoms with Gasteiger partial charge in [0, 0.05) is 16.5 Å². The maximum absolute atomic E-state index is 9.88. The zero-order valence-corrected chi connectivity index (χ0v) is 11.2. The number of benzene rings is 1. The van der Waals surface area contributed by atoms with E-state index in [9.17, 15) is 5.11 Å². The van der Waals surface area contributed by atoms with Gasteiger partial charge in [-0.25, -0.2) is 0 Å². The molecule has 2 nitrogen and oxygen atoms in total. The molecule has 18 heavy (non-hydrogen) atoms. The van der Waals surface area contributed by atoms with Crippen LogP contribution in [0.5, 0.6) is 0 Å². The third kappa shape index (κ3) is 1.42. The Morgan fingerprint density at radius 2 is 1.94 bits per heavy atom. The Hall–Kier alpha value is -1.41. The minimum Gasteiger partial charge on any atom is -0.395 e. The van der Waals surface area contributed by atoms with Gasteiger partial charge in [-0.2, -0.15) is 0 Å². The number of hydrogen-bond donors (Lipinski definition) is 1. The van der Waals surface area contributed by atoms with Gasteiger partial charge in [-0.3, -0.25) is 4.98 Å². The maximum atomic E-state index is 9.88. The van der Waals surface area contributed by atoms with Crippen LogP contribution in [0.1, 0.15) is 31.5 Å². The number of aliphatic hydroxyl groups excluding tert-OH is 1. The van der Waals surface area contributed by atoms with Gasteiger partial charge in [0.15, 0.2) is 0 Å². The number of para-hydroxylation sites is 1. The second-order valence-electron chi connectivity index (χ2n) is 6.13. The molecule has 1 fully saturated rings. The normalized spacial score (nSPS) is 25.3. The Labute approximate surface area is 108 Å². The molecule has 1 aliphatic rings. The van der Waals surface area contributed by atoms with Gasteiger partial charge in [-0.05, 0) is 36.5 Å². The van der Waals surface area contributed by atoms with Crippen LogP contribution < -0.4 is 0 Å². The van der Waals surface area contributed by atoms with Gasteiger partial charge >= 0.3 is 0 Å². The van der Waals surface area contributed by atoms with Crippen LogP contribution in [0, 0.1) is 12.3 Å². The van der Waals surface area contributed by atoms with Crippen molar-refractivity contribution >= 4 is 10.9 Å². The third-order valence-electron chi connectivity index (χ3n) is 4.54. The molecule has 1 saturated carbocycles. The van der Waals surface area contributed by atoms with E-state index < -0.39 is 0 Å². The molecule has 1 aliphatic carbocycles. The van der Waals surface area contributed by atoms with Crippen LogP contribution in [0.2, 0.25) is 0 Å². The summed E-state index contributed by atoms with van der Waals surface area (Å²) in [7, 11) is 0. The van der Waals surface area contributed by atoms with E-state index in [2.05, 4.69) is 31.0 Å². The van der Waals surface area contributed by atoms with Crippen LogP contribution in [0.15, 0.2) is 30.3 Å². The number of fused-ring (bicyclic) bond motifs is 1. The van der Waals surface area contributed by atoms with Crippen molar-refractivity contribution < 1.29 is 5.11 Å². The summed E-state index contributed by atoms with van der Waals surface area (Å²) in [6.45, 7) is 6.70.